The van der Waals surface area contributed by atoms with Crippen LogP contribution in [0.3, 0.4) is 0 Å². The molecule has 0 amide bonds. The van der Waals surface area contributed by atoms with Crippen LogP contribution < -0.4 is 9.47 Å². The monoisotopic (exact) mass is 315 g/mol. The van der Waals surface area contributed by atoms with Gasteiger partial charge in [0.1, 0.15) is 6.61 Å². The lowest BCUT2D eigenvalue weighted by Gasteiger charge is -2.14. The van der Waals surface area contributed by atoms with E-state index in [0.717, 1.165) is 11.1 Å². The van der Waals surface area contributed by atoms with Crippen LogP contribution >= 0.6 is 11.6 Å². The number of ether oxygens (including phenoxy) is 2. The second kappa shape index (κ2) is 7.66. The van der Waals surface area contributed by atoms with E-state index >= 15 is 0 Å². The first kappa shape index (κ1) is 16.1. The average molecular weight is 316 g/mol. The highest BCUT2D eigenvalue weighted by Gasteiger charge is 2.12. The van der Waals surface area contributed by atoms with Crippen LogP contribution in [0.1, 0.15) is 18.1 Å². The van der Waals surface area contributed by atoms with Gasteiger partial charge in [-0.15, -0.1) is 0 Å². The number of hydrogen-bond acceptors (Lipinski definition) is 3. The molecular weight excluding hydrogens is 298 g/mol. The van der Waals surface area contributed by atoms with Crippen LogP contribution in [0.2, 0.25) is 0 Å². The molecule has 0 atom stereocenters. The fourth-order valence-electron chi connectivity index (χ4n) is 2.02. The number of nitrogens with zero attached hydrogens (tertiary/aromatic N) is 1. The van der Waals surface area contributed by atoms with Crippen molar-refractivity contribution in [3.8, 4) is 11.5 Å². The number of rotatable bonds is 6. The minimum atomic E-state index is 0.411. The lowest BCUT2D eigenvalue weighted by Crippen LogP contribution is -1.98. The van der Waals surface area contributed by atoms with Crippen molar-refractivity contribution in [1.82, 2.24) is 0 Å². The zero-order chi connectivity index (χ0) is 15.9. The minimum absolute atomic E-state index is 0.411. The first-order valence-corrected chi connectivity index (χ1v) is 7.25. The molecule has 0 fully saturated rings. The van der Waals surface area contributed by atoms with E-state index in [4.69, 9.17) is 21.1 Å². The van der Waals surface area contributed by atoms with Crippen LogP contribution in [-0.2, 0) is 6.61 Å². The quantitative estimate of drug-likeness (QED) is 0.685. The predicted molar refractivity (Wildman–Crippen MR) is 92.5 cm³/mol. The van der Waals surface area contributed by atoms with Crippen molar-refractivity contribution in [2.45, 2.75) is 13.5 Å². The van der Waals surface area contributed by atoms with Gasteiger partial charge in [0, 0.05) is 22.9 Å². The molecule has 0 aliphatic rings. The van der Waals surface area contributed by atoms with Crippen LogP contribution in [0.25, 0.3) is 5.03 Å². The van der Waals surface area contributed by atoms with E-state index in [-0.39, 0.29) is 0 Å². The van der Waals surface area contributed by atoms with Crippen molar-refractivity contribution < 1.29 is 9.47 Å². The summed E-state index contributed by atoms with van der Waals surface area (Å²) in [6.07, 6.45) is 1.70. The van der Waals surface area contributed by atoms with Crippen LogP contribution in [0, 0.1) is 0 Å². The van der Waals surface area contributed by atoms with Gasteiger partial charge >= 0.3 is 0 Å². The van der Waals surface area contributed by atoms with E-state index in [1.54, 1.807) is 19.4 Å². The lowest BCUT2D eigenvalue weighted by molar-refractivity contribution is 0.284. The fourth-order valence-corrected chi connectivity index (χ4v) is 2.17. The molecule has 4 heteroatoms. The van der Waals surface area contributed by atoms with Gasteiger partial charge in [0.25, 0.3) is 0 Å². The Hall–Kier alpha value is -2.26. The fraction of sp³-hybridized carbons (Fsp3) is 0.167. The zero-order valence-electron chi connectivity index (χ0n) is 12.7. The van der Waals surface area contributed by atoms with Crippen molar-refractivity contribution in [3.63, 3.8) is 0 Å². The van der Waals surface area contributed by atoms with Crippen molar-refractivity contribution in [2.75, 3.05) is 7.11 Å². The molecule has 3 nitrogen and oxygen atoms in total. The molecule has 0 aliphatic carbocycles. The van der Waals surface area contributed by atoms with Gasteiger partial charge in [0.15, 0.2) is 11.5 Å². The molecule has 0 radical (unpaired) electrons. The van der Waals surface area contributed by atoms with Crippen molar-refractivity contribution in [1.29, 1.82) is 0 Å². The smallest absolute Gasteiger partial charge is 0.163 e. The molecule has 0 heterocycles. The van der Waals surface area contributed by atoms with E-state index in [2.05, 4.69) is 11.6 Å². The maximum absolute atomic E-state index is 6.03. The molecule has 2 aromatic carbocycles. The van der Waals surface area contributed by atoms with Gasteiger partial charge in [-0.25, -0.2) is 0 Å². The van der Waals surface area contributed by atoms with Gasteiger partial charge in [0.2, 0.25) is 0 Å². The highest BCUT2D eigenvalue weighted by molar-refractivity contribution is 6.48. The summed E-state index contributed by atoms with van der Waals surface area (Å²) in [4.78, 5) is 4.31. The molecule has 114 valence electrons. The Balaban J connectivity index is 2.33. The van der Waals surface area contributed by atoms with Gasteiger partial charge < -0.3 is 9.47 Å². The molecule has 0 unspecified atom stereocenters. The van der Waals surface area contributed by atoms with E-state index < -0.39 is 0 Å². The summed E-state index contributed by atoms with van der Waals surface area (Å²) < 4.78 is 11.2. The molecule has 2 aromatic rings. The van der Waals surface area contributed by atoms with Gasteiger partial charge in [-0.1, -0.05) is 48.5 Å². The minimum Gasteiger partial charge on any atom is -0.493 e. The summed E-state index contributed by atoms with van der Waals surface area (Å²) in [5.74, 6) is 1.22. The summed E-state index contributed by atoms with van der Waals surface area (Å²) >= 11 is 6.03. The summed E-state index contributed by atoms with van der Waals surface area (Å²) in [5.41, 5.74) is 2.51. The molecular formula is C18H18ClNO2. The van der Waals surface area contributed by atoms with Gasteiger partial charge in [-0.05, 0) is 18.6 Å². The Bertz CT molecular complexity index is 681. The molecule has 0 bridgehead atoms. The summed E-state index contributed by atoms with van der Waals surface area (Å²) in [6.45, 7) is 6.06. The number of benzene rings is 2. The van der Waals surface area contributed by atoms with Crippen LogP contribution in [0.4, 0.5) is 5.69 Å². The van der Waals surface area contributed by atoms with Crippen molar-refractivity contribution in [2.24, 2.45) is 4.99 Å². The SMILES string of the molecule is C=C(Cl)c1cc(OC)c(OCc2ccccc2)cc1N=CC. The Morgan fingerprint density at radius 2 is 1.95 bits per heavy atom. The number of hydrogen-bond donors (Lipinski definition) is 0. The normalized spacial score (nSPS) is 10.7. The van der Waals surface area contributed by atoms with Crippen molar-refractivity contribution in [3.05, 3.63) is 60.2 Å². The van der Waals surface area contributed by atoms with E-state index in [1.807, 2.05) is 43.3 Å². The topological polar surface area (TPSA) is 30.8 Å². The summed E-state index contributed by atoms with van der Waals surface area (Å²) in [7, 11) is 1.59. The Morgan fingerprint density at radius 1 is 1.23 bits per heavy atom. The summed E-state index contributed by atoms with van der Waals surface area (Å²) in [6, 6.07) is 13.5. The molecule has 0 aromatic heterocycles. The maximum Gasteiger partial charge on any atom is 0.163 e. The second-order valence-corrected chi connectivity index (χ2v) is 5.04. The molecule has 0 aliphatic heterocycles. The van der Waals surface area contributed by atoms with Gasteiger partial charge in [0.05, 0.1) is 12.8 Å². The van der Waals surface area contributed by atoms with E-state index in [9.17, 15) is 0 Å². The third kappa shape index (κ3) is 3.89. The molecule has 0 saturated carbocycles. The third-order valence-corrected chi connectivity index (χ3v) is 3.28. The average Bonchev–Trinajstić information content (AvgIpc) is 2.54. The second-order valence-electron chi connectivity index (χ2n) is 4.59. The van der Waals surface area contributed by atoms with E-state index in [0.29, 0.717) is 28.8 Å². The highest BCUT2D eigenvalue weighted by Crippen LogP contribution is 2.39. The Kier molecular flexibility index (Phi) is 5.61. The number of halogens is 1. The molecule has 2 rings (SSSR count). The first-order valence-electron chi connectivity index (χ1n) is 6.88. The Morgan fingerprint density at radius 3 is 2.55 bits per heavy atom. The lowest BCUT2D eigenvalue weighted by atomic mass is 10.1. The molecule has 0 N–H and O–H groups in total. The summed E-state index contributed by atoms with van der Waals surface area (Å²) in [5, 5.41) is 0.411. The first-order chi connectivity index (χ1) is 10.7. The highest BCUT2D eigenvalue weighted by atomic mass is 35.5. The number of methoxy groups -OCH3 is 1. The third-order valence-electron chi connectivity index (χ3n) is 3.08. The molecule has 0 saturated heterocycles. The van der Waals surface area contributed by atoms with E-state index in [1.165, 1.54) is 0 Å². The van der Waals surface area contributed by atoms with Gasteiger partial charge in [-0.3, -0.25) is 4.99 Å². The van der Waals surface area contributed by atoms with Crippen molar-refractivity contribution >= 4 is 28.5 Å². The van der Waals surface area contributed by atoms with Crippen LogP contribution in [0.5, 0.6) is 11.5 Å². The Labute approximate surface area is 135 Å². The standard InChI is InChI=1S/C18H18ClNO2/c1-4-20-16-11-18(17(21-3)10-15(16)13(2)19)22-12-14-8-6-5-7-9-14/h4-11H,2,12H2,1,3H3. The maximum atomic E-state index is 6.03. The number of aliphatic imine (C=N–C) groups is 1. The molecule has 0 spiro atoms. The van der Waals surface area contributed by atoms with Gasteiger partial charge in [-0.2, -0.15) is 0 Å². The zero-order valence-corrected chi connectivity index (χ0v) is 13.4. The van der Waals surface area contributed by atoms with Crippen LogP contribution in [0.15, 0.2) is 54.0 Å². The predicted octanol–water partition coefficient (Wildman–Crippen LogP) is 5.21. The van der Waals surface area contributed by atoms with Crippen LogP contribution in [-0.4, -0.2) is 13.3 Å². The molecule has 22 heavy (non-hydrogen) atoms. The largest absolute Gasteiger partial charge is 0.493 e.